The summed E-state index contributed by atoms with van der Waals surface area (Å²) in [5, 5.41) is 3.21. The molecule has 1 aromatic heterocycles. The van der Waals surface area contributed by atoms with Crippen LogP contribution in [0.5, 0.6) is 0 Å². The van der Waals surface area contributed by atoms with E-state index in [1.165, 1.54) is 51.5 Å². The van der Waals surface area contributed by atoms with E-state index >= 15 is 0 Å². The van der Waals surface area contributed by atoms with Gasteiger partial charge in [-0.2, -0.15) is 0 Å². The van der Waals surface area contributed by atoms with E-state index in [4.69, 9.17) is 4.42 Å². The van der Waals surface area contributed by atoms with Crippen molar-refractivity contribution in [1.29, 1.82) is 0 Å². The van der Waals surface area contributed by atoms with Gasteiger partial charge < -0.3 is 9.73 Å². The Balaban J connectivity index is 1.56. The monoisotopic (exact) mass is 304 g/mol. The number of rotatable bonds is 3. The quantitative estimate of drug-likeness (QED) is 0.869. The number of hydrogen-bond acceptors (Lipinski definition) is 3. The molecule has 2 aliphatic rings. The zero-order valence-corrected chi connectivity index (χ0v) is 13.6. The molecule has 1 amide bonds. The minimum Gasteiger partial charge on any atom is -0.469 e. The van der Waals surface area contributed by atoms with Crippen molar-refractivity contribution in [3.63, 3.8) is 0 Å². The highest BCUT2D eigenvalue weighted by Gasteiger charge is 2.27. The van der Waals surface area contributed by atoms with Gasteiger partial charge >= 0.3 is 0 Å². The van der Waals surface area contributed by atoms with Crippen LogP contribution in [0, 0.1) is 6.92 Å². The largest absolute Gasteiger partial charge is 0.469 e. The first-order valence-corrected chi connectivity index (χ1v) is 8.83. The maximum Gasteiger partial charge on any atom is 0.255 e. The van der Waals surface area contributed by atoms with Crippen molar-refractivity contribution in [1.82, 2.24) is 10.2 Å². The molecule has 4 heteroatoms. The molecule has 1 saturated heterocycles. The Kier molecular flexibility index (Phi) is 5.19. The number of piperidine rings is 1. The van der Waals surface area contributed by atoms with E-state index in [1.54, 1.807) is 12.3 Å². The van der Waals surface area contributed by atoms with Gasteiger partial charge in [-0.05, 0) is 45.2 Å². The third kappa shape index (κ3) is 3.72. The Labute approximate surface area is 133 Å². The molecule has 1 unspecified atom stereocenters. The molecule has 3 rings (SSSR count). The summed E-state index contributed by atoms with van der Waals surface area (Å²) in [7, 11) is 0. The van der Waals surface area contributed by atoms with Crippen LogP contribution in [0.4, 0.5) is 0 Å². The predicted octanol–water partition coefficient (Wildman–Crippen LogP) is 3.51. The fraction of sp³-hybridized carbons (Fsp3) is 0.722. The summed E-state index contributed by atoms with van der Waals surface area (Å²) >= 11 is 0. The minimum absolute atomic E-state index is 0.0129. The summed E-state index contributed by atoms with van der Waals surface area (Å²) in [6.45, 7) is 4.04. The Bertz CT molecular complexity index is 489. The molecule has 0 aromatic carbocycles. The molecule has 22 heavy (non-hydrogen) atoms. The smallest absolute Gasteiger partial charge is 0.255 e. The van der Waals surface area contributed by atoms with Gasteiger partial charge in [0, 0.05) is 18.6 Å². The first-order valence-electron chi connectivity index (χ1n) is 8.83. The second-order valence-corrected chi connectivity index (χ2v) is 6.84. The van der Waals surface area contributed by atoms with Crippen LogP contribution in [-0.4, -0.2) is 36.0 Å². The van der Waals surface area contributed by atoms with Gasteiger partial charge in [0.15, 0.2) is 0 Å². The standard InChI is InChI=1S/C18H28N2O2/c1-14-17(10-12-22-14)18(21)19-15-7-6-11-20(13-15)16-8-4-2-3-5-9-16/h10,12,15-16H,2-9,11,13H2,1H3,(H,19,21). The zero-order chi connectivity index (χ0) is 15.4. The lowest BCUT2D eigenvalue weighted by atomic mass is 9.99. The summed E-state index contributed by atoms with van der Waals surface area (Å²) < 4.78 is 5.23. The zero-order valence-electron chi connectivity index (χ0n) is 13.6. The van der Waals surface area contributed by atoms with Crippen LogP contribution < -0.4 is 5.32 Å². The number of amides is 1. The summed E-state index contributed by atoms with van der Waals surface area (Å²) in [6.07, 6.45) is 12.1. The number of carbonyl (C=O) groups excluding carboxylic acids is 1. The third-order valence-electron chi connectivity index (χ3n) is 5.23. The highest BCUT2D eigenvalue weighted by atomic mass is 16.3. The van der Waals surface area contributed by atoms with Crippen molar-refractivity contribution in [3.8, 4) is 0 Å². The van der Waals surface area contributed by atoms with E-state index in [1.807, 2.05) is 6.92 Å². The SMILES string of the molecule is Cc1occc1C(=O)NC1CCCN(C2CCCCCC2)C1. The maximum absolute atomic E-state index is 12.3. The predicted molar refractivity (Wildman–Crippen MR) is 87.0 cm³/mol. The third-order valence-corrected chi connectivity index (χ3v) is 5.23. The Hall–Kier alpha value is -1.29. The lowest BCUT2D eigenvalue weighted by molar-refractivity contribution is 0.0859. The normalized spacial score (nSPS) is 24.9. The van der Waals surface area contributed by atoms with Crippen LogP contribution in [0.25, 0.3) is 0 Å². The van der Waals surface area contributed by atoms with Crippen LogP contribution in [0.15, 0.2) is 16.7 Å². The molecule has 1 atom stereocenters. The summed E-state index contributed by atoms with van der Waals surface area (Å²) in [5.74, 6) is 0.716. The lowest BCUT2D eigenvalue weighted by Gasteiger charge is -2.38. The number of nitrogens with one attached hydrogen (secondary N) is 1. The Morgan fingerprint density at radius 2 is 1.95 bits per heavy atom. The first-order chi connectivity index (χ1) is 10.7. The minimum atomic E-state index is 0.0129. The molecular weight excluding hydrogens is 276 g/mol. The number of furan rings is 1. The van der Waals surface area contributed by atoms with Gasteiger partial charge in [-0.3, -0.25) is 9.69 Å². The molecule has 2 fully saturated rings. The second kappa shape index (κ2) is 7.32. The summed E-state index contributed by atoms with van der Waals surface area (Å²) in [5.41, 5.74) is 0.673. The molecule has 0 spiro atoms. The fourth-order valence-electron chi connectivity index (χ4n) is 3.96. The van der Waals surface area contributed by atoms with Gasteiger partial charge in [-0.25, -0.2) is 0 Å². The van der Waals surface area contributed by atoms with E-state index < -0.39 is 0 Å². The second-order valence-electron chi connectivity index (χ2n) is 6.84. The van der Waals surface area contributed by atoms with Crippen LogP contribution in [-0.2, 0) is 0 Å². The lowest BCUT2D eigenvalue weighted by Crippen LogP contribution is -2.50. The number of carbonyl (C=O) groups is 1. The summed E-state index contributed by atoms with van der Waals surface area (Å²) in [4.78, 5) is 15.0. The number of hydrogen-bond donors (Lipinski definition) is 1. The van der Waals surface area contributed by atoms with Gasteiger partial charge in [-0.15, -0.1) is 0 Å². The molecule has 1 aliphatic carbocycles. The van der Waals surface area contributed by atoms with E-state index in [2.05, 4.69) is 10.2 Å². The van der Waals surface area contributed by atoms with Crippen molar-refractivity contribution < 1.29 is 9.21 Å². The van der Waals surface area contributed by atoms with E-state index in [0.29, 0.717) is 11.3 Å². The van der Waals surface area contributed by atoms with Gasteiger partial charge in [0.05, 0.1) is 11.8 Å². The maximum atomic E-state index is 12.3. The first kappa shape index (κ1) is 15.6. The van der Waals surface area contributed by atoms with Crippen LogP contribution in [0.3, 0.4) is 0 Å². The van der Waals surface area contributed by atoms with Crippen molar-refractivity contribution in [2.75, 3.05) is 13.1 Å². The topological polar surface area (TPSA) is 45.5 Å². The van der Waals surface area contributed by atoms with E-state index in [9.17, 15) is 4.79 Å². The highest BCUT2D eigenvalue weighted by molar-refractivity contribution is 5.95. The van der Waals surface area contributed by atoms with Gasteiger partial charge in [0.25, 0.3) is 5.91 Å². The molecule has 1 aromatic rings. The van der Waals surface area contributed by atoms with Gasteiger partial charge in [-0.1, -0.05) is 25.7 Å². The molecule has 0 bridgehead atoms. The number of aryl methyl sites for hydroxylation is 1. The highest BCUT2D eigenvalue weighted by Crippen LogP contribution is 2.25. The van der Waals surface area contributed by atoms with E-state index in [-0.39, 0.29) is 11.9 Å². The molecular formula is C18H28N2O2. The van der Waals surface area contributed by atoms with Crippen molar-refractivity contribution >= 4 is 5.91 Å². The van der Waals surface area contributed by atoms with Crippen LogP contribution in [0.1, 0.15) is 67.5 Å². The molecule has 1 saturated carbocycles. The molecule has 4 nitrogen and oxygen atoms in total. The van der Waals surface area contributed by atoms with Crippen molar-refractivity contribution in [2.24, 2.45) is 0 Å². The summed E-state index contributed by atoms with van der Waals surface area (Å²) in [6, 6.07) is 2.77. The average Bonchev–Trinajstić information content (AvgIpc) is 2.78. The average molecular weight is 304 g/mol. The fourth-order valence-corrected chi connectivity index (χ4v) is 3.96. The number of likely N-dealkylation sites (tertiary alicyclic amines) is 1. The molecule has 0 radical (unpaired) electrons. The molecule has 1 N–H and O–H groups in total. The molecule has 2 heterocycles. The van der Waals surface area contributed by atoms with E-state index in [0.717, 1.165) is 19.0 Å². The Morgan fingerprint density at radius 3 is 2.64 bits per heavy atom. The molecule has 1 aliphatic heterocycles. The van der Waals surface area contributed by atoms with Gasteiger partial charge in [0.1, 0.15) is 5.76 Å². The van der Waals surface area contributed by atoms with Crippen molar-refractivity contribution in [3.05, 3.63) is 23.7 Å². The molecule has 122 valence electrons. The Morgan fingerprint density at radius 1 is 1.18 bits per heavy atom. The van der Waals surface area contributed by atoms with Gasteiger partial charge in [0.2, 0.25) is 0 Å². The number of nitrogens with zero attached hydrogens (tertiary/aromatic N) is 1. The van der Waals surface area contributed by atoms with Crippen molar-refractivity contribution in [2.45, 2.75) is 70.4 Å². The van der Waals surface area contributed by atoms with Crippen LogP contribution in [0.2, 0.25) is 0 Å². The van der Waals surface area contributed by atoms with Crippen LogP contribution >= 0.6 is 0 Å².